The lowest BCUT2D eigenvalue weighted by atomic mass is 10.7. The summed E-state index contributed by atoms with van der Waals surface area (Å²) in [6, 6.07) is 0. The summed E-state index contributed by atoms with van der Waals surface area (Å²) in [6.07, 6.45) is 1.47. The Morgan fingerprint density at radius 2 is 2.36 bits per heavy atom. The highest BCUT2D eigenvalue weighted by Crippen LogP contribution is 2.14. The number of nitrogens with two attached hydrogens (primary N) is 1. The van der Waals surface area contributed by atoms with Gasteiger partial charge in [0.2, 0.25) is 0 Å². The average Bonchev–Trinajstić information content (AvgIpc) is 2.31. The fourth-order valence-electron chi connectivity index (χ4n) is 0.512. The molecule has 1 aromatic rings. The Hall–Kier alpha value is -1.59. The number of imidazole rings is 1. The second-order valence-electron chi connectivity index (χ2n) is 2.17. The molecule has 1 aromatic heterocycles. The Balaban J connectivity index is 2.71. The van der Waals surface area contributed by atoms with E-state index in [-0.39, 0.29) is 0 Å². The summed E-state index contributed by atoms with van der Waals surface area (Å²) in [7, 11) is 3.55. The Bertz CT molecular complexity index is 249. The van der Waals surface area contributed by atoms with Gasteiger partial charge < -0.3 is 10.7 Å². The molecule has 0 unspecified atom stereocenters. The minimum atomic E-state index is 0.357. The highest BCUT2D eigenvalue weighted by Gasteiger charge is 1.97. The zero-order chi connectivity index (χ0) is 8.27. The van der Waals surface area contributed by atoms with E-state index in [1.54, 1.807) is 19.1 Å². The van der Waals surface area contributed by atoms with Gasteiger partial charge in [0.25, 0.3) is 0 Å². The summed E-state index contributed by atoms with van der Waals surface area (Å²) in [4.78, 5) is 6.48. The van der Waals surface area contributed by atoms with Gasteiger partial charge in [-0.05, 0) is 0 Å². The van der Waals surface area contributed by atoms with Crippen molar-refractivity contribution in [2.75, 3.05) is 19.8 Å². The minimum absolute atomic E-state index is 0.357. The van der Waals surface area contributed by atoms with E-state index in [1.165, 1.54) is 6.33 Å². The van der Waals surface area contributed by atoms with E-state index in [0.29, 0.717) is 11.6 Å². The molecule has 3 N–H and O–H groups in total. The third-order valence-electron chi connectivity index (χ3n) is 0.971. The molecule has 0 aliphatic rings. The molecule has 0 spiro atoms. The number of H-pyrrole nitrogens is 1. The molecule has 0 aromatic carbocycles. The highest BCUT2D eigenvalue weighted by atomic mass is 15.5. The van der Waals surface area contributed by atoms with E-state index in [1.807, 2.05) is 0 Å². The summed E-state index contributed by atoms with van der Waals surface area (Å²) in [6.45, 7) is 0. The van der Waals surface area contributed by atoms with Crippen LogP contribution in [-0.2, 0) is 0 Å². The van der Waals surface area contributed by atoms with Crippen molar-refractivity contribution >= 4 is 11.6 Å². The topological polar surface area (TPSA) is 82.7 Å². The van der Waals surface area contributed by atoms with Crippen LogP contribution < -0.4 is 5.73 Å². The van der Waals surface area contributed by atoms with Gasteiger partial charge in [-0.25, -0.2) is 4.98 Å². The average molecular weight is 154 g/mol. The Morgan fingerprint density at radius 3 is 2.82 bits per heavy atom. The molecule has 0 saturated heterocycles. The van der Waals surface area contributed by atoms with Crippen LogP contribution in [0.15, 0.2) is 16.7 Å². The predicted octanol–water partition coefficient (Wildman–Crippen LogP) is 0.552. The van der Waals surface area contributed by atoms with Gasteiger partial charge in [-0.2, -0.15) is 0 Å². The molecule has 6 heteroatoms. The van der Waals surface area contributed by atoms with Crippen molar-refractivity contribution in [3.63, 3.8) is 0 Å². The third kappa shape index (κ3) is 1.92. The summed E-state index contributed by atoms with van der Waals surface area (Å²) in [5.41, 5.74) is 5.41. The molecule has 6 nitrogen and oxygen atoms in total. The molecule has 60 valence electrons. The molecule has 11 heavy (non-hydrogen) atoms. The lowest BCUT2D eigenvalue weighted by molar-refractivity contribution is 0.408. The van der Waals surface area contributed by atoms with Crippen LogP contribution in [0.1, 0.15) is 0 Å². The first-order valence-corrected chi connectivity index (χ1v) is 3.08. The van der Waals surface area contributed by atoms with Crippen molar-refractivity contribution in [3.8, 4) is 0 Å². The van der Waals surface area contributed by atoms with Crippen LogP contribution in [0.2, 0.25) is 0 Å². The Labute approximate surface area is 64.1 Å². The molecular weight excluding hydrogens is 144 g/mol. The number of nitrogens with zero attached hydrogens (tertiary/aromatic N) is 4. The SMILES string of the molecule is CN(C)/N=N/c1[nH]cnc1N. The molecule has 0 amide bonds. The molecule has 1 rings (SSSR count). The van der Waals surface area contributed by atoms with E-state index >= 15 is 0 Å². The van der Waals surface area contributed by atoms with Crippen molar-refractivity contribution in [3.05, 3.63) is 6.33 Å². The maximum absolute atomic E-state index is 5.41. The predicted molar refractivity (Wildman–Crippen MR) is 41.2 cm³/mol. The van der Waals surface area contributed by atoms with Crippen molar-refractivity contribution in [1.82, 2.24) is 15.0 Å². The van der Waals surface area contributed by atoms with Gasteiger partial charge in [0.1, 0.15) is 0 Å². The van der Waals surface area contributed by atoms with E-state index in [4.69, 9.17) is 5.73 Å². The van der Waals surface area contributed by atoms with Crippen LogP contribution in [0.4, 0.5) is 11.6 Å². The summed E-state index contributed by atoms with van der Waals surface area (Å²) in [5, 5.41) is 9.08. The number of nitrogens with one attached hydrogen (secondary N) is 1. The molecule has 0 radical (unpaired) electrons. The van der Waals surface area contributed by atoms with E-state index in [0.717, 1.165) is 0 Å². The van der Waals surface area contributed by atoms with Crippen LogP contribution in [0, 0.1) is 0 Å². The number of rotatable bonds is 2. The highest BCUT2D eigenvalue weighted by molar-refractivity contribution is 5.50. The van der Waals surface area contributed by atoms with E-state index in [9.17, 15) is 0 Å². The first kappa shape index (κ1) is 7.52. The molecule has 0 aliphatic heterocycles. The van der Waals surface area contributed by atoms with Gasteiger partial charge >= 0.3 is 0 Å². The number of nitrogen functional groups attached to an aromatic ring is 1. The lowest BCUT2D eigenvalue weighted by Gasteiger charge is -1.98. The van der Waals surface area contributed by atoms with Gasteiger partial charge in [-0.15, -0.1) is 5.11 Å². The van der Waals surface area contributed by atoms with Crippen LogP contribution in [-0.4, -0.2) is 29.1 Å². The van der Waals surface area contributed by atoms with Crippen molar-refractivity contribution < 1.29 is 0 Å². The monoisotopic (exact) mass is 154 g/mol. The fraction of sp³-hybridized carbons (Fsp3) is 0.400. The number of hydrogen-bond donors (Lipinski definition) is 2. The molecule has 0 atom stereocenters. The maximum Gasteiger partial charge on any atom is 0.198 e. The van der Waals surface area contributed by atoms with Crippen LogP contribution in [0.25, 0.3) is 0 Å². The molecular formula is C5H10N6. The van der Waals surface area contributed by atoms with Gasteiger partial charge in [0.05, 0.1) is 6.33 Å². The van der Waals surface area contributed by atoms with Crippen LogP contribution in [0.3, 0.4) is 0 Å². The molecule has 0 aliphatic carbocycles. The fourth-order valence-corrected chi connectivity index (χ4v) is 0.512. The number of aromatic nitrogens is 2. The first-order valence-electron chi connectivity index (χ1n) is 3.08. The van der Waals surface area contributed by atoms with Gasteiger partial charge in [-0.1, -0.05) is 5.22 Å². The standard InChI is InChI=1S/C5H10N6/c1-11(2)10-9-5-4(6)7-3-8-5/h3H,6H2,1-2H3,(H,7,8)/b10-9+. The van der Waals surface area contributed by atoms with Gasteiger partial charge in [-0.3, -0.25) is 5.01 Å². The van der Waals surface area contributed by atoms with Crippen molar-refractivity contribution in [2.45, 2.75) is 0 Å². The normalized spacial score (nSPS) is 10.7. The zero-order valence-corrected chi connectivity index (χ0v) is 6.44. The van der Waals surface area contributed by atoms with Gasteiger partial charge in [0, 0.05) is 14.1 Å². The summed E-state index contributed by atoms with van der Waals surface area (Å²) >= 11 is 0. The maximum atomic E-state index is 5.41. The van der Waals surface area contributed by atoms with Crippen LogP contribution >= 0.6 is 0 Å². The summed E-state index contributed by atoms with van der Waals surface area (Å²) in [5.74, 6) is 0.842. The number of hydrogen-bond acceptors (Lipinski definition) is 4. The third-order valence-corrected chi connectivity index (χ3v) is 0.971. The quantitative estimate of drug-likeness (QED) is 0.482. The second-order valence-corrected chi connectivity index (χ2v) is 2.17. The Morgan fingerprint density at radius 1 is 1.64 bits per heavy atom. The minimum Gasteiger partial charge on any atom is -0.381 e. The molecule has 1 heterocycles. The van der Waals surface area contributed by atoms with Gasteiger partial charge in [0.15, 0.2) is 11.6 Å². The zero-order valence-electron chi connectivity index (χ0n) is 6.44. The lowest BCUT2D eigenvalue weighted by Crippen LogP contribution is -1.99. The molecule has 0 bridgehead atoms. The second kappa shape index (κ2) is 3.00. The van der Waals surface area contributed by atoms with Crippen LogP contribution in [0.5, 0.6) is 0 Å². The smallest absolute Gasteiger partial charge is 0.198 e. The van der Waals surface area contributed by atoms with E-state index in [2.05, 4.69) is 20.3 Å². The molecule has 0 fully saturated rings. The number of anilines is 1. The van der Waals surface area contributed by atoms with Crippen molar-refractivity contribution in [2.24, 2.45) is 10.3 Å². The van der Waals surface area contributed by atoms with Crippen molar-refractivity contribution in [1.29, 1.82) is 0 Å². The van der Waals surface area contributed by atoms with E-state index < -0.39 is 0 Å². The summed E-state index contributed by atoms with van der Waals surface area (Å²) < 4.78 is 0. The largest absolute Gasteiger partial charge is 0.381 e. The number of aromatic amines is 1. The Kier molecular flexibility index (Phi) is 2.05. The molecule has 0 saturated carbocycles. The first-order chi connectivity index (χ1) is 5.20.